The normalized spacial score (nSPS) is 11.2. The third-order valence-electron chi connectivity index (χ3n) is 5.35. The van der Waals surface area contributed by atoms with Gasteiger partial charge in [-0.25, -0.2) is 4.98 Å². The maximum absolute atomic E-state index is 10.2. The van der Waals surface area contributed by atoms with Gasteiger partial charge < -0.3 is 29.6 Å². The number of aliphatic hydroxyl groups is 1. The van der Waals surface area contributed by atoms with Gasteiger partial charge in [-0.1, -0.05) is 12.1 Å². The SMILES string of the molecule is COc1ccc(CCNC[C@@H](O)COc2ccc(-c3ncc(-c4cccs4)[nH]3)cc2)cc1OC.Cl.Cl. The van der Waals surface area contributed by atoms with Crippen molar-refractivity contribution in [1.82, 2.24) is 15.3 Å². The highest BCUT2D eigenvalue weighted by Gasteiger charge is 2.09. The fourth-order valence-electron chi connectivity index (χ4n) is 3.52. The average Bonchev–Trinajstić information content (AvgIpc) is 3.58. The fraction of sp³-hybridized carbons (Fsp3) is 0.269. The molecule has 0 amide bonds. The highest BCUT2D eigenvalue weighted by atomic mass is 35.5. The van der Waals surface area contributed by atoms with Crippen molar-refractivity contribution in [1.29, 1.82) is 0 Å². The third kappa shape index (κ3) is 7.88. The van der Waals surface area contributed by atoms with Crippen LogP contribution in [-0.4, -0.2) is 55.1 Å². The van der Waals surface area contributed by atoms with Crippen molar-refractivity contribution >= 4 is 36.2 Å². The molecule has 0 fully saturated rings. The minimum atomic E-state index is -0.608. The van der Waals surface area contributed by atoms with Gasteiger partial charge in [0, 0.05) is 12.1 Å². The molecule has 2 heterocycles. The maximum atomic E-state index is 10.2. The van der Waals surface area contributed by atoms with Gasteiger partial charge in [-0.3, -0.25) is 0 Å². The van der Waals surface area contributed by atoms with E-state index >= 15 is 0 Å². The van der Waals surface area contributed by atoms with Crippen LogP contribution in [0.25, 0.3) is 22.0 Å². The molecule has 3 N–H and O–H groups in total. The number of rotatable bonds is 12. The number of ether oxygens (including phenoxy) is 3. The van der Waals surface area contributed by atoms with Crippen LogP contribution in [0.1, 0.15) is 5.56 Å². The Morgan fingerprint density at radius 2 is 1.81 bits per heavy atom. The molecular weight excluding hydrogens is 521 g/mol. The first kappa shape index (κ1) is 29.5. The van der Waals surface area contributed by atoms with Crippen molar-refractivity contribution < 1.29 is 19.3 Å². The number of aromatic amines is 1. The first-order valence-corrected chi connectivity index (χ1v) is 12.0. The molecule has 194 valence electrons. The summed E-state index contributed by atoms with van der Waals surface area (Å²) in [5, 5.41) is 15.6. The minimum Gasteiger partial charge on any atom is -0.493 e. The second-order valence-electron chi connectivity index (χ2n) is 7.76. The number of hydrogen-bond acceptors (Lipinski definition) is 7. The summed E-state index contributed by atoms with van der Waals surface area (Å²) in [6, 6.07) is 17.7. The molecule has 36 heavy (non-hydrogen) atoms. The van der Waals surface area contributed by atoms with E-state index in [9.17, 15) is 5.11 Å². The molecule has 10 heteroatoms. The molecule has 0 aliphatic rings. The molecule has 0 unspecified atom stereocenters. The minimum absolute atomic E-state index is 0. The van der Waals surface area contributed by atoms with Gasteiger partial charge in [0.2, 0.25) is 0 Å². The van der Waals surface area contributed by atoms with Crippen LogP contribution in [-0.2, 0) is 6.42 Å². The molecule has 0 radical (unpaired) electrons. The topological polar surface area (TPSA) is 88.6 Å². The maximum Gasteiger partial charge on any atom is 0.160 e. The van der Waals surface area contributed by atoms with Crippen LogP contribution >= 0.6 is 36.2 Å². The van der Waals surface area contributed by atoms with E-state index in [1.165, 1.54) is 0 Å². The quantitative estimate of drug-likeness (QED) is 0.209. The summed E-state index contributed by atoms with van der Waals surface area (Å²) in [5.41, 5.74) is 3.12. The molecule has 1 atom stereocenters. The van der Waals surface area contributed by atoms with E-state index in [1.54, 1.807) is 25.6 Å². The van der Waals surface area contributed by atoms with Crippen molar-refractivity contribution in [2.75, 3.05) is 33.9 Å². The lowest BCUT2D eigenvalue weighted by Gasteiger charge is -2.14. The first-order valence-electron chi connectivity index (χ1n) is 11.1. The average molecular weight is 553 g/mol. The summed E-state index contributed by atoms with van der Waals surface area (Å²) in [6.45, 7) is 1.40. The summed E-state index contributed by atoms with van der Waals surface area (Å²) in [5.74, 6) is 2.95. The van der Waals surface area contributed by atoms with Gasteiger partial charge >= 0.3 is 0 Å². The Hall–Kier alpha value is -2.75. The van der Waals surface area contributed by atoms with Gasteiger partial charge in [0.15, 0.2) is 11.5 Å². The Balaban J connectivity index is 0.00000228. The van der Waals surface area contributed by atoms with Crippen LogP contribution in [0.2, 0.25) is 0 Å². The zero-order chi connectivity index (χ0) is 23.8. The van der Waals surface area contributed by atoms with Gasteiger partial charge in [0.05, 0.1) is 31.0 Å². The first-order chi connectivity index (χ1) is 16.7. The van der Waals surface area contributed by atoms with E-state index in [2.05, 4.69) is 21.4 Å². The number of thiophene rings is 1. The molecule has 0 aliphatic carbocycles. The number of halogens is 2. The smallest absolute Gasteiger partial charge is 0.160 e. The monoisotopic (exact) mass is 551 g/mol. The van der Waals surface area contributed by atoms with E-state index in [1.807, 2.05) is 60.1 Å². The van der Waals surface area contributed by atoms with Gasteiger partial charge in [-0.2, -0.15) is 0 Å². The highest BCUT2D eigenvalue weighted by molar-refractivity contribution is 7.13. The number of methoxy groups -OCH3 is 2. The number of hydrogen-bond donors (Lipinski definition) is 3. The van der Waals surface area contributed by atoms with Gasteiger partial charge in [-0.15, -0.1) is 36.2 Å². The zero-order valence-electron chi connectivity index (χ0n) is 20.1. The number of nitrogens with one attached hydrogen (secondary N) is 2. The molecule has 4 aromatic rings. The van der Waals surface area contributed by atoms with Gasteiger partial charge in [-0.05, 0) is 66.4 Å². The fourth-order valence-corrected chi connectivity index (χ4v) is 4.21. The Morgan fingerprint density at radius 3 is 2.50 bits per heavy atom. The van der Waals surface area contributed by atoms with E-state index < -0.39 is 6.10 Å². The number of benzene rings is 2. The molecular formula is C26H31Cl2N3O4S. The summed E-state index contributed by atoms with van der Waals surface area (Å²) < 4.78 is 16.3. The van der Waals surface area contributed by atoms with Crippen LogP contribution in [0, 0.1) is 0 Å². The number of imidazole rings is 1. The van der Waals surface area contributed by atoms with E-state index in [4.69, 9.17) is 14.2 Å². The van der Waals surface area contributed by atoms with Crippen LogP contribution in [0.15, 0.2) is 66.2 Å². The molecule has 0 saturated heterocycles. The lowest BCUT2D eigenvalue weighted by molar-refractivity contribution is 0.106. The van der Waals surface area contributed by atoms with E-state index in [0.29, 0.717) is 18.0 Å². The van der Waals surface area contributed by atoms with Crippen molar-refractivity contribution in [3.63, 3.8) is 0 Å². The Bertz CT molecular complexity index is 1170. The molecule has 0 saturated carbocycles. The molecule has 4 rings (SSSR count). The van der Waals surface area contributed by atoms with Crippen molar-refractivity contribution in [2.24, 2.45) is 0 Å². The number of nitrogens with zero attached hydrogens (tertiary/aromatic N) is 1. The van der Waals surface area contributed by atoms with Crippen molar-refractivity contribution in [3.05, 3.63) is 71.7 Å². The van der Waals surface area contributed by atoms with Gasteiger partial charge in [0.1, 0.15) is 24.3 Å². The molecule has 0 aliphatic heterocycles. The lowest BCUT2D eigenvalue weighted by atomic mass is 10.1. The lowest BCUT2D eigenvalue weighted by Crippen LogP contribution is -2.32. The highest BCUT2D eigenvalue weighted by Crippen LogP contribution is 2.28. The van der Waals surface area contributed by atoms with Crippen LogP contribution in [0.3, 0.4) is 0 Å². The summed E-state index contributed by atoms with van der Waals surface area (Å²) >= 11 is 1.67. The predicted molar refractivity (Wildman–Crippen MR) is 149 cm³/mol. The molecule has 0 spiro atoms. The van der Waals surface area contributed by atoms with Crippen LogP contribution < -0.4 is 19.5 Å². The zero-order valence-corrected chi connectivity index (χ0v) is 22.6. The molecule has 7 nitrogen and oxygen atoms in total. The number of aromatic nitrogens is 2. The largest absolute Gasteiger partial charge is 0.493 e. The Labute approximate surface area is 227 Å². The van der Waals surface area contributed by atoms with Crippen molar-refractivity contribution in [3.8, 4) is 39.2 Å². The van der Waals surface area contributed by atoms with Gasteiger partial charge in [0.25, 0.3) is 0 Å². The van der Waals surface area contributed by atoms with E-state index in [-0.39, 0.29) is 31.4 Å². The standard InChI is InChI=1S/C26H29N3O4S.2ClH/c1-31-23-10-5-18(14-24(23)32-2)11-12-27-15-20(30)17-33-21-8-6-19(7-9-21)26-28-16-22(29-26)25-4-3-13-34-25;;/h3-10,13-14,16,20,27,30H,11-12,15,17H2,1-2H3,(H,28,29);2*1H/t20-;;/m1../s1. The number of aliphatic hydroxyl groups excluding tert-OH is 1. The van der Waals surface area contributed by atoms with Crippen LogP contribution in [0.5, 0.6) is 17.2 Å². The van der Waals surface area contributed by atoms with Crippen molar-refractivity contribution in [2.45, 2.75) is 12.5 Å². The summed E-state index contributed by atoms with van der Waals surface area (Å²) in [7, 11) is 3.25. The number of H-pyrrole nitrogens is 1. The molecule has 2 aromatic heterocycles. The second-order valence-corrected chi connectivity index (χ2v) is 8.70. The Kier molecular flexibility index (Phi) is 12.1. The molecule has 0 bridgehead atoms. The summed E-state index contributed by atoms with van der Waals surface area (Å²) in [6.07, 6.45) is 2.06. The summed E-state index contributed by atoms with van der Waals surface area (Å²) in [4.78, 5) is 8.99. The predicted octanol–water partition coefficient (Wildman–Crippen LogP) is 5.24. The second kappa shape index (κ2) is 14.7. The Morgan fingerprint density at radius 1 is 1.03 bits per heavy atom. The third-order valence-corrected chi connectivity index (χ3v) is 6.25. The van der Waals surface area contributed by atoms with Crippen LogP contribution in [0.4, 0.5) is 0 Å². The molecule has 2 aromatic carbocycles. The van der Waals surface area contributed by atoms with E-state index in [0.717, 1.165) is 46.2 Å².